The second-order valence-corrected chi connectivity index (χ2v) is 6.13. The molecule has 0 spiro atoms. The molecule has 2 heterocycles. The minimum Gasteiger partial charge on any atom is -0.328 e. The Morgan fingerprint density at radius 3 is 3.00 bits per heavy atom. The molecule has 1 saturated heterocycles. The average Bonchev–Trinajstić information content (AvgIpc) is 3.01. The molecule has 0 aliphatic carbocycles. The first kappa shape index (κ1) is 13.6. The van der Waals surface area contributed by atoms with E-state index in [2.05, 4.69) is 5.32 Å². The van der Waals surface area contributed by atoms with Gasteiger partial charge in [-0.3, -0.25) is 4.79 Å². The summed E-state index contributed by atoms with van der Waals surface area (Å²) in [5, 5.41) is 5.99. The first-order valence-corrected chi connectivity index (χ1v) is 7.82. The number of halogens is 1. The Balaban J connectivity index is 1.89. The molecule has 1 aromatic heterocycles. The highest BCUT2D eigenvalue weighted by Gasteiger charge is 2.29. The van der Waals surface area contributed by atoms with Gasteiger partial charge in [-0.2, -0.15) is 0 Å². The molecule has 1 N–H and O–H groups in total. The predicted octanol–water partition coefficient (Wildman–Crippen LogP) is 3.19. The van der Waals surface area contributed by atoms with Crippen LogP contribution in [0.2, 0.25) is 5.02 Å². The maximum Gasteiger partial charge on any atom is 0.264 e. The minimum atomic E-state index is 0.0389. The summed E-state index contributed by atoms with van der Waals surface area (Å²) in [4.78, 5) is 15.3. The van der Waals surface area contributed by atoms with Crippen LogP contribution in [0.15, 0.2) is 41.8 Å². The lowest BCUT2D eigenvalue weighted by atomic mass is 10.0. The van der Waals surface area contributed by atoms with Crippen molar-refractivity contribution < 1.29 is 4.79 Å². The molecule has 1 fully saturated rings. The summed E-state index contributed by atoms with van der Waals surface area (Å²) in [6, 6.07) is 11.6. The average molecular weight is 307 g/mol. The largest absolute Gasteiger partial charge is 0.328 e. The third-order valence-corrected chi connectivity index (χ3v) is 4.56. The summed E-state index contributed by atoms with van der Waals surface area (Å²) in [5.41, 5.74) is 1.08. The Morgan fingerprint density at radius 1 is 1.35 bits per heavy atom. The summed E-state index contributed by atoms with van der Waals surface area (Å²) in [5.74, 6) is 0.103. The smallest absolute Gasteiger partial charge is 0.264 e. The number of rotatable bonds is 2. The van der Waals surface area contributed by atoms with Crippen molar-refractivity contribution in [1.82, 2.24) is 10.2 Å². The van der Waals surface area contributed by atoms with E-state index in [1.807, 2.05) is 46.7 Å². The van der Waals surface area contributed by atoms with E-state index in [0.717, 1.165) is 23.5 Å². The lowest BCUT2D eigenvalue weighted by Crippen LogP contribution is -2.48. The van der Waals surface area contributed by atoms with Crippen LogP contribution in [0.4, 0.5) is 0 Å². The molecule has 1 aromatic carbocycles. The Labute approximate surface area is 127 Å². The molecule has 0 saturated carbocycles. The van der Waals surface area contributed by atoms with Crippen LogP contribution in [-0.4, -0.2) is 30.4 Å². The molecule has 0 bridgehead atoms. The first-order chi connectivity index (χ1) is 9.75. The summed E-state index contributed by atoms with van der Waals surface area (Å²) in [6.45, 7) is 2.31. The molecule has 1 unspecified atom stereocenters. The molecular formula is C15H15ClN2OS. The number of carbonyl (C=O) groups is 1. The van der Waals surface area contributed by atoms with Gasteiger partial charge in [0.15, 0.2) is 0 Å². The molecule has 3 nitrogen and oxygen atoms in total. The SMILES string of the molecule is O=C(c1cccs1)N1CCNCC1c1cccc(Cl)c1. The van der Waals surface area contributed by atoms with Crippen LogP contribution in [0.3, 0.4) is 0 Å². The number of thiophene rings is 1. The van der Waals surface area contributed by atoms with Gasteiger partial charge in [-0.25, -0.2) is 0 Å². The van der Waals surface area contributed by atoms with Crippen molar-refractivity contribution in [2.75, 3.05) is 19.6 Å². The zero-order chi connectivity index (χ0) is 13.9. The van der Waals surface area contributed by atoms with Gasteiger partial charge in [0.1, 0.15) is 0 Å². The lowest BCUT2D eigenvalue weighted by molar-refractivity contribution is 0.0639. The molecule has 20 heavy (non-hydrogen) atoms. The number of nitrogens with one attached hydrogen (secondary N) is 1. The number of amides is 1. The molecular weight excluding hydrogens is 292 g/mol. The van der Waals surface area contributed by atoms with Gasteiger partial charge < -0.3 is 10.2 Å². The van der Waals surface area contributed by atoms with Crippen LogP contribution in [0.1, 0.15) is 21.3 Å². The number of piperazine rings is 1. The highest BCUT2D eigenvalue weighted by molar-refractivity contribution is 7.12. The molecule has 1 aliphatic rings. The van der Waals surface area contributed by atoms with Crippen LogP contribution in [-0.2, 0) is 0 Å². The van der Waals surface area contributed by atoms with E-state index < -0.39 is 0 Å². The van der Waals surface area contributed by atoms with Crippen LogP contribution >= 0.6 is 22.9 Å². The second kappa shape index (κ2) is 5.95. The van der Waals surface area contributed by atoms with Crippen LogP contribution in [0.5, 0.6) is 0 Å². The highest BCUT2D eigenvalue weighted by Crippen LogP contribution is 2.27. The normalized spacial score (nSPS) is 19.1. The van der Waals surface area contributed by atoms with E-state index in [4.69, 9.17) is 11.6 Å². The Kier molecular flexibility index (Phi) is 4.05. The maximum absolute atomic E-state index is 12.6. The number of benzene rings is 1. The zero-order valence-corrected chi connectivity index (χ0v) is 12.5. The van der Waals surface area contributed by atoms with Gasteiger partial charge in [-0.05, 0) is 29.1 Å². The zero-order valence-electron chi connectivity index (χ0n) is 10.9. The fourth-order valence-electron chi connectivity index (χ4n) is 2.50. The number of carbonyl (C=O) groups excluding carboxylic acids is 1. The van der Waals surface area contributed by atoms with E-state index in [-0.39, 0.29) is 11.9 Å². The van der Waals surface area contributed by atoms with Crippen molar-refractivity contribution in [3.05, 3.63) is 57.2 Å². The standard InChI is InChI=1S/C15H15ClN2OS/c16-12-4-1-3-11(9-12)13-10-17-6-7-18(13)15(19)14-5-2-8-20-14/h1-5,8-9,13,17H,6-7,10H2. The lowest BCUT2D eigenvalue weighted by Gasteiger charge is -2.36. The Morgan fingerprint density at radius 2 is 2.25 bits per heavy atom. The van der Waals surface area contributed by atoms with Gasteiger partial charge in [-0.15, -0.1) is 11.3 Å². The summed E-state index contributed by atoms with van der Waals surface area (Å²) in [6.07, 6.45) is 0. The van der Waals surface area contributed by atoms with E-state index in [0.29, 0.717) is 11.6 Å². The van der Waals surface area contributed by atoms with Gasteiger partial charge >= 0.3 is 0 Å². The van der Waals surface area contributed by atoms with Gasteiger partial charge in [0.2, 0.25) is 0 Å². The topological polar surface area (TPSA) is 32.3 Å². The highest BCUT2D eigenvalue weighted by atomic mass is 35.5. The number of hydrogen-bond donors (Lipinski definition) is 1. The molecule has 1 amide bonds. The monoisotopic (exact) mass is 306 g/mol. The van der Waals surface area contributed by atoms with Crippen molar-refractivity contribution in [3.8, 4) is 0 Å². The van der Waals surface area contributed by atoms with E-state index in [1.54, 1.807) is 0 Å². The fourth-order valence-corrected chi connectivity index (χ4v) is 3.38. The molecule has 3 rings (SSSR count). The second-order valence-electron chi connectivity index (χ2n) is 4.75. The van der Waals surface area contributed by atoms with Crippen LogP contribution < -0.4 is 5.32 Å². The van der Waals surface area contributed by atoms with Gasteiger partial charge in [0.05, 0.1) is 10.9 Å². The van der Waals surface area contributed by atoms with Crippen molar-refractivity contribution in [1.29, 1.82) is 0 Å². The fraction of sp³-hybridized carbons (Fsp3) is 0.267. The molecule has 5 heteroatoms. The first-order valence-electron chi connectivity index (χ1n) is 6.56. The van der Waals surface area contributed by atoms with Crippen molar-refractivity contribution in [2.24, 2.45) is 0 Å². The van der Waals surface area contributed by atoms with Crippen molar-refractivity contribution in [2.45, 2.75) is 6.04 Å². The van der Waals surface area contributed by atoms with E-state index in [1.165, 1.54) is 11.3 Å². The summed E-state index contributed by atoms with van der Waals surface area (Å²) >= 11 is 7.56. The van der Waals surface area contributed by atoms with Gasteiger partial charge in [-0.1, -0.05) is 29.8 Å². The number of hydrogen-bond acceptors (Lipinski definition) is 3. The Bertz CT molecular complexity index is 600. The van der Waals surface area contributed by atoms with Gasteiger partial charge in [0.25, 0.3) is 5.91 Å². The van der Waals surface area contributed by atoms with Crippen molar-refractivity contribution >= 4 is 28.8 Å². The molecule has 1 aliphatic heterocycles. The summed E-state index contributed by atoms with van der Waals surface area (Å²) < 4.78 is 0. The molecule has 2 aromatic rings. The quantitative estimate of drug-likeness (QED) is 0.924. The predicted molar refractivity (Wildman–Crippen MR) is 82.4 cm³/mol. The van der Waals surface area contributed by atoms with Crippen molar-refractivity contribution in [3.63, 3.8) is 0 Å². The third kappa shape index (κ3) is 2.73. The number of nitrogens with zero attached hydrogens (tertiary/aromatic N) is 1. The van der Waals surface area contributed by atoms with Gasteiger partial charge in [0, 0.05) is 24.7 Å². The Hall–Kier alpha value is -1.36. The van der Waals surface area contributed by atoms with Crippen LogP contribution in [0, 0.1) is 0 Å². The summed E-state index contributed by atoms with van der Waals surface area (Å²) in [7, 11) is 0. The maximum atomic E-state index is 12.6. The van der Waals surface area contributed by atoms with E-state index in [9.17, 15) is 4.79 Å². The third-order valence-electron chi connectivity index (χ3n) is 3.47. The minimum absolute atomic E-state index is 0.0389. The molecule has 0 radical (unpaired) electrons. The molecule has 1 atom stereocenters. The van der Waals surface area contributed by atoms with E-state index >= 15 is 0 Å². The molecule has 104 valence electrons. The van der Waals surface area contributed by atoms with Crippen LogP contribution in [0.25, 0.3) is 0 Å².